The first-order valence-corrected chi connectivity index (χ1v) is 11.4. The molecule has 7 nitrogen and oxygen atoms in total. The van der Waals surface area contributed by atoms with Crippen LogP contribution >= 0.6 is 23.2 Å². The Morgan fingerprint density at radius 3 is 2.47 bits per heavy atom. The molecule has 4 rings (SSSR count). The lowest BCUT2D eigenvalue weighted by molar-refractivity contribution is -0.742. The minimum atomic E-state index is -1.57. The minimum absolute atomic E-state index is 0.00835. The van der Waals surface area contributed by atoms with Gasteiger partial charge >= 0.3 is 0 Å². The molecule has 0 saturated heterocycles. The first-order valence-electron chi connectivity index (χ1n) is 10.6. The Bertz CT molecular complexity index is 1310. The molecule has 0 bridgehead atoms. The lowest BCUT2D eigenvalue weighted by Gasteiger charge is -2.43. The van der Waals surface area contributed by atoms with Crippen LogP contribution in [0.5, 0.6) is 5.75 Å². The largest absolute Gasteiger partial charge is 0.762 e. The Morgan fingerprint density at radius 2 is 1.94 bits per heavy atom. The van der Waals surface area contributed by atoms with E-state index in [1.165, 1.54) is 13.2 Å². The number of hydrogen-bond donors (Lipinski definition) is 2. The summed E-state index contributed by atoms with van der Waals surface area (Å²) in [5, 5.41) is 45.3. The molecule has 172 valence electrons. The highest BCUT2D eigenvalue weighted by Gasteiger charge is 2.61. The molecule has 2 aromatic rings. The predicted molar refractivity (Wildman–Crippen MR) is 127 cm³/mol. The highest BCUT2D eigenvalue weighted by Crippen LogP contribution is 2.54. The van der Waals surface area contributed by atoms with Crippen molar-refractivity contribution in [1.82, 2.24) is 5.32 Å². The molecule has 1 fully saturated rings. The maximum absolute atomic E-state index is 12.1. The van der Waals surface area contributed by atoms with Gasteiger partial charge < -0.3 is 20.6 Å². The Morgan fingerprint density at radius 1 is 1.26 bits per heavy atom. The number of ether oxygens (including phenoxy) is 1. The van der Waals surface area contributed by atoms with Crippen LogP contribution in [0.15, 0.2) is 53.5 Å². The van der Waals surface area contributed by atoms with E-state index in [0.717, 1.165) is 18.4 Å². The fourth-order valence-electron chi connectivity index (χ4n) is 4.68. The van der Waals surface area contributed by atoms with Gasteiger partial charge in [-0.15, -0.1) is 0 Å². The number of nitriles is 2. The molecule has 1 aliphatic heterocycles. The van der Waals surface area contributed by atoms with Gasteiger partial charge in [0.15, 0.2) is 12.4 Å². The summed E-state index contributed by atoms with van der Waals surface area (Å²) < 4.78 is 7.44. The molecule has 0 spiro atoms. The summed E-state index contributed by atoms with van der Waals surface area (Å²) in [6.07, 6.45) is 5.16. The van der Waals surface area contributed by atoms with Gasteiger partial charge in [0.25, 0.3) is 0 Å². The highest BCUT2D eigenvalue weighted by molar-refractivity contribution is 6.35. The van der Waals surface area contributed by atoms with Crippen molar-refractivity contribution < 1.29 is 14.4 Å². The molecule has 0 radical (unpaired) electrons. The summed E-state index contributed by atoms with van der Waals surface area (Å²) in [6, 6.07) is 10.3. The number of aliphatic hydroxyl groups is 1. The second-order valence-corrected chi connectivity index (χ2v) is 9.32. The lowest BCUT2D eigenvalue weighted by atomic mass is 9.73. The van der Waals surface area contributed by atoms with E-state index in [4.69, 9.17) is 27.9 Å². The Kier molecular flexibility index (Phi) is 6.41. The third-order valence-corrected chi connectivity index (χ3v) is 6.88. The van der Waals surface area contributed by atoms with Crippen molar-refractivity contribution in [3.63, 3.8) is 0 Å². The van der Waals surface area contributed by atoms with Crippen LogP contribution in [0.2, 0.25) is 10.0 Å². The molecular weight excluding hydrogens is 473 g/mol. The number of benzene rings is 1. The van der Waals surface area contributed by atoms with Gasteiger partial charge in [0.05, 0.1) is 41.0 Å². The quantitative estimate of drug-likeness (QED) is 0.369. The summed E-state index contributed by atoms with van der Waals surface area (Å²) >= 11 is 12.8. The molecule has 9 heteroatoms. The number of halogens is 2. The maximum atomic E-state index is 12.1. The standard InChI is InChI=1S/C25H21Cl2N5O2/c1-14-5-7-32(8-6-14)24-21(18-9-17(26)10-20(27)23(18)34-2)19(13-30)22(15(11-28)12-29)31-25(24,33)16-3-4-16/h5-10,16,21,24,31,33H,3-4H2,1-2H3. The van der Waals surface area contributed by atoms with Crippen molar-refractivity contribution in [3.8, 4) is 17.9 Å². The third-order valence-electron chi connectivity index (χ3n) is 6.38. The van der Waals surface area contributed by atoms with Crippen LogP contribution in [0, 0.1) is 35.5 Å². The normalized spacial score (nSPS) is 23.9. The van der Waals surface area contributed by atoms with Crippen LogP contribution in [-0.4, -0.2) is 23.8 Å². The predicted octanol–water partition coefficient (Wildman–Crippen LogP) is 4.09. The summed E-state index contributed by atoms with van der Waals surface area (Å²) in [5.41, 5.74) is -0.245. The fourth-order valence-corrected chi connectivity index (χ4v) is 5.27. The Hall–Kier alpha value is -3.32. The summed E-state index contributed by atoms with van der Waals surface area (Å²) in [7, 11) is 1.46. The van der Waals surface area contributed by atoms with E-state index in [9.17, 15) is 21.0 Å². The number of methoxy groups -OCH3 is 1. The molecule has 1 aromatic carbocycles. The number of aromatic nitrogens is 1. The van der Waals surface area contributed by atoms with E-state index in [1.807, 2.05) is 48.0 Å². The minimum Gasteiger partial charge on any atom is -0.762 e. The smallest absolute Gasteiger partial charge is 0.217 e. The van der Waals surface area contributed by atoms with Crippen LogP contribution in [-0.2, 0) is 0 Å². The average molecular weight is 494 g/mol. The Balaban J connectivity index is 2.12. The van der Waals surface area contributed by atoms with Crippen molar-refractivity contribution in [2.45, 2.75) is 37.5 Å². The second kappa shape index (κ2) is 9.14. The molecule has 3 atom stereocenters. The summed E-state index contributed by atoms with van der Waals surface area (Å²) in [4.78, 5) is 0. The number of rotatable bonds is 5. The van der Waals surface area contributed by atoms with Crippen molar-refractivity contribution in [1.29, 1.82) is 10.5 Å². The number of nitrogens with zero attached hydrogens (tertiary/aromatic N) is 4. The number of hydrogen-bond acceptors (Lipinski definition) is 5. The number of aryl methyl sites for hydroxylation is 1. The third kappa shape index (κ3) is 3.94. The second-order valence-electron chi connectivity index (χ2n) is 8.48. The van der Waals surface area contributed by atoms with Crippen molar-refractivity contribution >= 4 is 29.1 Å². The number of pyridine rings is 1. The molecule has 1 aromatic heterocycles. The van der Waals surface area contributed by atoms with E-state index < -0.39 is 17.7 Å². The van der Waals surface area contributed by atoms with Crippen LogP contribution in [0.1, 0.15) is 35.9 Å². The van der Waals surface area contributed by atoms with E-state index in [1.54, 1.807) is 6.07 Å². The first-order chi connectivity index (χ1) is 16.3. The lowest BCUT2D eigenvalue weighted by Crippen LogP contribution is -2.66. The van der Waals surface area contributed by atoms with Crippen molar-refractivity contribution in [3.05, 3.63) is 80.1 Å². The molecule has 1 aliphatic carbocycles. The molecule has 2 N–H and O–H groups in total. The molecule has 34 heavy (non-hydrogen) atoms. The molecule has 0 amide bonds. The zero-order chi connectivity index (χ0) is 24.6. The maximum Gasteiger partial charge on any atom is 0.217 e. The van der Waals surface area contributed by atoms with Crippen molar-refractivity contribution in [2.24, 2.45) is 5.92 Å². The van der Waals surface area contributed by atoms with Gasteiger partial charge in [0.1, 0.15) is 11.8 Å². The first kappa shape index (κ1) is 23.8. The van der Waals surface area contributed by atoms with Crippen LogP contribution in [0.25, 0.3) is 5.41 Å². The van der Waals surface area contributed by atoms with Gasteiger partial charge in [-0.05, 0) is 37.5 Å². The topological polar surface area (TPSA) is 115 Å². The van der Waals surface area contributed by atoms with E-state index in [-0.39, 0.29) is 27.8 Å². The average Bonchev–Trinajstić information content (AvgIpc) is 3.66. The highest BCUT2D eigenvalue weighted by atomic mass is 35.5. The van der Waals surface area contributed by atoms with Crippen LogP contribution < -0.4 is 14.6 Å². The van der Waals surface area contributed by atoms with Gasteiger partial charge in [-0.2, -0.15) is 15.1 Å². The zero-order valence-corrected chi connectivity index (χ0v) is 20.0. The molecule has 2 heterocycles. The van der Waals surface area contributed by atoms with Gasteiger partial charge in [0.2, 0.25) is 11.8 Å². The molecule has 2 aliphatic rings. The number of nitrogens with one attached hydrogen (secondary N) is 1. The fraction of sp³-hybridized carbons (Fsp3) is 0.320. The summed E-state index contributed by atoms with van der Waals surface area (Å²) in [5.74, 6) is 1.16. The monoisotopic (exact) mass is 493 g/mol. The molecule has 1 saturated carbocycles. The van der Waals surface area contributed by atoms with Crippen molar-refractivity contribution in [2.75, 3.05) is 7.11 Å². The Labute approximate surface area is 207 Å². The van der Waals surface area contributed by atoms with Gasteiger partial charge in [0, 0.05) is 28.6 Å². The molecule has 3 unspecified atom stereocenters. The van der Waals surface area contributed by atoms with E-state index in [2.05, 4.69) is 11.4 Å². The van der Waals surface area contributed by atoms with Crippen LogP contribution in [0.4, 0.5) is 0 Å². The van der Waals surface area contributed by atoms with E-state index in [0.29, 0.717) is 16.3 Å². The van der Waals surface area contributed by atoms with Gasteiger partial charge in [-0.1, -0.05) is 23.2 Å². The van der Waals surface area contributed by atoms with Gasteiger partial charge in [-0.3, -0.25) is 0 Å². The van der Waals surface area contributed by atoms with Crippen LogP contribution in [0.3, 0.4) is 0 Å². The number of allylic oxidation sites excluding steroid dienone is 2. The SMILES string of the molecule is COc1c(Cl)cc(Cl)cc1C1C(C#N)=C(C(=C=[N-])C#N)NC(O)(C2CC2)C1[n+]1ccc(C)cc1. The van der Waals surface area contributed by atoms with E-state index >= 15 is 0 Å². The summed E-state index contributed by atoms with van der Waals surface area (Å²) in [6.45, 7) is 1.95. The van der Waals surface area contributed by atoms with Gasteiger partial charge in [-0.25, -0.2) is 5.87 Å². The molecular formula is C25H21Cl2N5O2. The zero-order valence-electron chi connectivity index (χ0n) is 18.5.